The number of aliphatic hydroxyl groups is 1. The summed E-state index contributed by atoms with van der Waals surface area (Å²) in [7, 11) is 0. The Hall–Kier alpha value is -0.280. The van der Waals surface area contributed by atoms with Crippen LogP contribution in [0, 0.1) is 0 Å². The fourth-order valence-electron chi connectivity index (χ4n) is 2.66. The van der Waals surface area contributed by atoms with Gasteiger partial charge < -0.3 is 5.11 Å². The lowest BCUT2D eigenvalue weighted by atomic mass is 10.1. The molecule has 0 amide bonds. The molecule has 1 aliphatic carbocycles. The first-order valence-electron chi connectivity index (χ1n) is 6.49. The summed E-state index contributed by atoms with van der Waals surface area (Å²) in [6.07, 6.45) is 5.07. The van der Waals surface area contributed by atoms with Crippen molar-refractivity contribution < 1.29 is 5.11 Å². The van der Waals surface area contributed by atoms with E-state index in [1.165, 1.54) is 25.7 Å². The molecule has 0 heterocycles. The van der Waals surface area contributed by atoms with E-state index in [2.05, 4.69) is 4.90 Å². The number of rotatable bonds is 5. The molecule has 1 N–H and O–H groups in total. The van der Waals surface area contributed by atoms with E-state index in [1.54, 1.807) is 0 Å². The highest BCUT2D eigenvalue weighted by Crippen LogP contribution is 2.27. The maximum atomic E-state index is 9.18. The monoisotopic (exact) mass is 287 g/mol. The molecule has 4 heteroatoms. The highest BCUT2D eigenvalue weighted by atomic mass is 35.5. The first-order valence-corrected chi connectivity index (χ1v) is 7.25. The normalized spacial score (nSPS) is 16.7. The molecule has 18 heavy (non-hydrogen) atoms. The zero-order valence-electron chi connectivity index (χ0n) is 10.4. The topological polar surface area (TPSA) is 23.5 Å². The van der Waals surface area contributed by atoms with Crippen molar-refractivity contribution in [2.75, 3.05) is 13.2 Å². The first kappa shape index (κ1) is 14.1. The summed E-state index contributed by atoms with van der Waals surface area (Å²) in [5.74, 6) is 0. The van der Waals surface area contributed by atoms with Crippen molar-refractivity contribution in [2.45, 2.75) is 38.3 Å². The van der Waals surface area contributed by atoms with Crippen LogP contribution in [0.5, 0.6) is 0 Å². The van der Waals surface area contributed by atoms with Crippen molar-refractivity contribution in [3.05, 3.63) is 33.8 Å². The summed E-state index contributed by atoms with van der Waals surface area (Å²) in [5.41, 5.74) is 1.16. The summed E-state index contributed by atoms with van der Waals surface area (Å²) in [5, 5.41) is 10.4. The van der Waals surface area contributed by atoms with Crippen molar-refractivity contribution in [1.82, 2.24) is 4.90 Å². The van der Waals surface area contributed by atoms with Crippen LogP contribution in [0.1, 0.15) is 31.2 Å². The van der Waals surface area contributed by atoms with E-state index in [0.717, 1.165) is 18.7 Å². The summed E-state index contributed by atoms with van der Waals surface area (Å²) in [4.78, 5) is 2.35. The van der Waals surface area contributed by atoms with Crippen molar-refractivity contribution >= 4 is 23.2 Å². The van der Waals surface area contributed by atoms with Gasteiger partial charge in [0.15, 0.2) is 0 Å². The second-order valence-corrected chi connectivity index (χ2v) is 5.70. The van der Waals surface area contributed by atoms with Gasteiger partial charge in [-0.25, -0.2) is 0 Å². The Morgan fingerprint density at radius 1 is 1.17 bits per heavy atom. The van der Waals surface area contributed by atoms with Gasteiger partial charge in [-0.3, -0.25) is 4.90 Å². The summed E-state index contributed by atoms with van der Waals surface area (Å²) in [6.45, 7) is 1.77. The molecule has 2 rings (SSSR count). The molecular weight excluding hydrogens is 269 g/mol. The minimum atomic E-state index is 0.206. The fourth-order valence-corrected chi connectivity index (χ4v) is 2.98. The van der Waals surface area contributed by atoms with Crippen molar-refractivity contribution in [3.8, 4) is 0 Å². The Labute approximate surface area is 119 Å². The van der Waals surface area contributed by atoms with Crippen LogP contribution in [0.4, 0.5) is 0 Å². The Bertz CT molecular complexity index is 391. The number of nitrogens with zero attached hydrogens (tertiary/aromatic N) is 1. The molecular formula is C14H19Cl2NO. The summed E-state index contributed by atoms with van der Waals surface area (Å²) < 4.78 is 0. The lowest BCUT2D eigenvalue weighted by molar-refractivity contribution is 0.145. The molecule has 1 aromatic carbocycles. The van der Waals surface area contributed by atoms with Gasteiger partial charge in [-0.05, 0) is 30.5 Å². The predicted molar refractivity (Wildman–Crippen MR) is 76.2 cm³/mol. The lowest BCUT2D eigenvalue weighted by Gasteiger charge is -2.28. The number of hydrogen-bond donors (Lipinski definition) is 1. The molecule has 1 aromatic rings. The minimum absolute atomic E-state index is 0.206. The van der Waals surface area contributed by atoms with Crippen molar-refractivity contribution in [2.24, 2.45) is 0 Å². The van der Waals surface area contributed by atoms with Crippen LogP contribution < -0.4 is 0 Å². The largest absolute Gasteiger partial charge is 0.395 e. The average molecular weight is 288 g/mol. The zero-order valence-corrected chi connectivity index (χ0v) is 11.9. The van der Waals surface area contributed by atoms with Gasteiger partial charge in [0.25, 0.3) is 0 Å². The Kier molecular flexibility index (Phi) is 5.31. The molecule has 2 nitrogen and oxygen atoms in total. The van der Waals surface area contributed by atoms with E-state index in [-0.39, 0.29) is 6.61 Å². The molecule has 1 saturated carbocycles. The Balaban J connectivity index is 2.04. The SMILES string of the molecule is OCCN(Cc1ccc(Cl)c(Cl)c1)C1CCCC1. The van der Waals surface area contributed by atoms with Gasteiger partial charge >= 0.3 is 0 Å². The number of benzene rings is 1. The first-order chi connectivity index (χ1) is 8.70. The Morgan fingerprint density at radius 3 is 2.50 bits per heavy atom. The summed E-state index contributed by atoms with van der Waals surface area (Å²) in [6, 6.07) is 6.37. The van der Waals surface area contributed by atoms with E-state index < -0.39 is 0 Å². The van der Waals surface area contributed by atoms with Crippen molar-refractivity contribution in [3.63, 3.8) is 0 Å². The van der Waals surface area contributed by atoms with E-state index in [0.29, 0.717) is 16.1 Å². The van der Waals surface area contributed by atoms with Crippen LogP contribution in [0.25, 0.3) is 0 Å². The third kappa shape index (κ3) is 3.61. The molecule has 0 atom stereocenters. The van der Waals surface area contributed by atoms with E-state index in [9.17, 15) is 5.11 Å². The number of hydrogen-bond acceptors (Lipinski definition) is 2. The number of halogens is 2. The molecule has 100 valence electrons. The van der Waals surface area contributed by atoms with Gasteiger partial charge in [0.1, 0.15) is 0 Å². The minimum Gasteiger partial charge on any atom is -0.395 e. The van der Waals surface area contributed by atoms with Crippen LogP contribution in [-0.2, 0) is 6.54 Å². The van der Waals surface area contributed by atoms with Gasteiger partial charge in [0.2, 0.25) is 0 Å². The van der Waals surface area contributed by atoms with Crippen LogP contribution in [0.2, 0.25) is 10.0 Å². The molecule has 1 aliphatic rings. The summed E-state index contributed by atoms with van der Waals surface area (Å²) >= 11 is 12.0. The van der Waals surface area contributed by atoms with E-state index in [4.69, 9.17) is 23.2 Å². The van der Waals surface area contributed by atoms with Gasteiger partial charge in [0, 0.05) is 19.1 Å². The highest BCUT2D eigenvalue weighted by Gasteiger charge is 2.22. The zero-order chi connectivity index (χ0) is 13.0. The van der Waals surface area contributed by atoms with Gasteiger partial charge in [0.05, 0.1) is 16.7 Å². The molecule has 0 radical (unpaired) electrons. The molecule has 0 bridgehead atoms. The molecule has 0 unspecified atom stereocenters. The van der Waals surface area contributed by atoms with E-state index in [1.807, 2.05) is 18.2 Å². The molecule has 0 spiro atoms. The molecule has 0 aliphatic heterocycles. The maximum Gasteiger partial charge on any atom is 0.0595 e. The quantitative estimate of drug-likeness (QED) is 0.892. The van der Waals surface area contributed by atoms with Crippen LogP contribution in [-0.4, -0.2) is 29.2 Å². The van der Waals surface area contributed by atoms with Gasteiger partial charge in [-0.1, -0.05) is 42.1 Å². The van der Waals surface area contributed by atoms with Crippen LogP contribution in [0.15, 0.2) is 18.2 Å². The van der Waals surface area contributed by atoms with Gasteiger partial charge in [-0.2, -0.15) is 0 Å². The molecule has 0 saturated heterocycles. The third-order valence-corrected chi connectivity index (χ3v) is 4.34. The second-order valence-electron chi connectivity index (χ2n) is 4.88. The van der Waals surface area contributed by atoms with Crippen LogP contribution >= 0.6 is 23.2 Å². The second kappa shape index (κ2) is 6.76. The van der Waals surface area contributed by atoms with Crippen LogP contribution in [0.3, 0.4) is 0 Å². The maximum absolute atomic E-state index is 9.18. The van der Waals surface area contributed by atoms with Crippen molar-refractivity contribution in [1.29, 1.82) is 0 Å². The smallest absolute Gasteiger partial charge is 0.0595 e. The lowest BCUT2D eigenvalue weighted by Crippen LogP contribution is -2.35. The number of aliphatic hydroxyl groups excluding tert-OH is 1. The Morgan fingerprint density at radius 2 is 1.89 bits per heavy atom. The van der Waals surface area contributed by atoms with Gasteiger partial charge in [-0.15, -0.1) is 0 Å². The standard InChI is InChI=1S/C14H19Cl2NO/c15-13-6-5-11(9-14(13)16)10-17(7-8-18)12-3-1-2-4-12/h5-6,9,12,18H,1-4,7-8,10H2. The fraction of sp³-hybridized carbons (Fsp3) is 0.571. The highest BCUT2D eigenvalue weighted by molar-refractivity contribution is 6.42. The van der Waals surface area contributed by atoms with E-state index >= 15 is 0 Å². The molecule has 1 fully saturated rings. The average Bonchev–Trinajstić information content (AvgIpc) is 2.87. The molecule has 0 aromatic heterocycles. The third-order valence-electron chi connectivity index (χ3n) is 3.60. The predicted octanol–water partition coefficient (Wildman–Crippen LogP) is 3.73.